The van der Waals surface area contributed by atoms with Crippen LogP contribution in [0.15, 0.2) is 0 Å². The largest absolute Gasteiger partial charge is 0.375 e. The number of unbranched alkanes of at least 4 members (excludes halogenated alkanes) is 1. The fourth-order valence-corrected chi connectivity index (χ4v) is 5.20. The first-order valence-corrected chi connectivity index (χ1v) is 9.66. The predicted molar refractivity (Wildman–Crippen MR) is 90.3 cm³/mol. The zero-order valence-electron chi connectivity index (χ0n) is 13.7. The molecule has 0 aromatic rings. The van der Waals surface area contributed by atoms with E-state index in [0.717, 1.165) is 25.0 Å². The number of thioether (sulfide) groups is 1. The molecule has 3 heterocycles. The van der Waals surface area contributed by atoms with Crippen molar-refractivity contribution in [3.8, 4) is 6.07 Å². The van der Waals surface area contributed by atoms with Gasteiger partial charge in [0.2, 0.25) is 5.91 Å². The fraction of sp³-hybridized carbons (Fsp3) is 0.812. The van der Waals surface area contributed by atoms with E-state index in [-0.39, 0.29) is 24.0 Å². The van der Waals surface area contributed by atoms with Crippen molar-refractivity contribution in [1.29, 1.82) is 5.26 Å². The van der Waals surface area contributed by atoms with Crippen molar-refractivity contribution in [2.75, 3.05) is 18.8 Å². The van der Waals surface area contributed by atoms with Crippen molar-refractivity contribution < 1.29 is 14.7 Å². The van der Waals surface area contributed by atoms with Gasteiger partial charge in [0.1, 0.15) is 0 Å². The van der Waals surface area contributed by atoms with Gasteiger partial charge in [0.15, 0.2) is 5.60 Å². The van der Waals surface area contributed by atoms with Gasteiger partial charge in [-0.25, -0.2) is 4.79 Å². The summed E-state index contributed by atoms with van der Waals surface area (Å²) in [5, 5.41) is 25.1. The standard InChI is InChI=1S/C16H24N4O3S/c17-10-16(23)5-7-20(8-6-16)13(21)4-2-1-3-12-14-11(9-24-12)18-15(22)19-14/h11-12,14,23H,1-9H2,(H2,18,19,22)/t11-,12-,14-/m0/s1. The molecule has 0 aliphatic carbocycles. The molecule has 0 bridgehead atoms. The molecule has 3 atom stereocenters. The number of rotatable bonds is 5. The smallest absolute Gasteiger partial charge is 0.315 e. The molecule has 3 aliphatic rings. The Morgan fingerprint density at radius 2 is 2.12 bits per heavy atom. The van der Waals surface area contributed by atoms with Crippen LogP contribution in [-0.4, -0.2) is 63.7 Å². The maximum Gasteiger partial charge on any atom is 0.315 e. The average Bonchev–Trinajstić information content (AvgIpc) is 3.11. The van der Waals surface area contributed by atoms with Crippen LogP contribution in [0.25, 0.3) is 0 Å². The third-order valence-electron chi connectivity index (χ3n) is 5.22. The van der Waals surface area contributed by atoms with E-state index in [1.54, 1.807) is 4.90 Å². The maximum atomic E-state index is 12.2. The lowest BCUT2D eigenvalue weighted by atomic mass is 9.93. The van der Waals surface area contributed by atoms with Crippen molar-refractivity contribution in [3.63, 3.8) is 0 Å². The first-order chi connectivity index (χ1) is 11.5. The Morgan fingerprint density at radius 3 is 2.83 bits per heavy atom. The Kier molecular flexibility index (Phi) is 5.21. The van der Waals surface area contributed by atoms with Crippen LogP contribution in [-0.2, 0) is 4.79 Å². The van der Waals surface area contributed by atoms with Crippen molar-refractivity contribution in [2.45, 2.75) is 61.5 Å². The number of piperidine rings is 1. The minimum atomic E-state index is -1.26. The molecule has 3 N–H and O–H groups in total. The van der Waals surface area contributed by atoms with Gasteiger partial charge in [-0.05, 0) is 12.8 Å². The highest BCUT2D eigenvalue weighted by Crippen LogP contribution is 2.33. The molecular formula is C16H24N4O3S. The fourth-order valence-electron chi connectivity index (χ4n) is 3.66. The molecular weight excluding hydrogens is 328 g/mol. The average molecular weight is 352 g/mol. The number of hydrogen-bond donors (Lipinski definition) is 3. The molecule has 0 aromatic carbocycles. The minimum Gasteiger partial charge on any atom is -0.375 e. The van der Waals surface area contributed by atoms with Crippen molar-refractivity contribution in [3.05, 3.63) is 0 Å². The highest BCUT2D eigenvalue weighted by molar-refractivity contribution is 8.00. The number of urea groups is 1. The summed E-state index contributed by atoms with van der Waals surface area (Å²) in [6.07, 6.45) is 4.01. The van der Waals surface area contributed by atoms with Gasteiger partial charge in [-0.2, -0.15) is 17.0 Å². The molecule has 24 heavy (non-hydrogen) atoms. The third-order valence-corrected chi connectivity index (χ3v) is 6.73. The summed E-state index contributed by atoms with van der Waals surface area (Å²) in [7, 11) is 0. The number of nitrogens with one attached hydrogen (secondary N) is 2. The maximum absolute atomic E-state index is 12.2. The lowest BCUT2D eigenvalue weighted by Gasteiger charge is -2.34. The number of hydrogen-bond acceptors (Lipinski definition) is 5. The Morgan fingerprint density at radius 1 is 1.38 bits per heavy atom. The van der Waals surface area contributed by atoms with E-state index >= 15 is 0 Å². The Bertz CT molecular complexity index is 542. The Labute approximate surface area is 146 Å². The van der Waals surface area contributed by atoms with Gasteiger partial charge in [-0.3, -0.25) is 4.79 Å². The van der Waals surface area contributed by atoms with Crippen LogP contribution in [0.3, 0.4) is 0 Å². The summed E-state index contributed by atoms with van der Waals surface area (Å²) in [6.45, 7) is 0.922. The normalized spacial score (nSPS) is 31.1. The first-order valence-electron chi connectivity index (χ1n) is 8.61. The van der Waals surface area contributed by atoms with E-state index in [4.69, 9.17) is 5.26 Å². The van der Waals surface area contributed by atoms with Gasteiger partial charge in [0.05, 0.1) is 18.2 Å². The zero-order chi connectivity index (χ0) is 17.2. The SMILES string of the molecule is N#CC1(O)CCN(C(=O)CCCC[C@@H]2SC[C@@H]3NC(=O)N[C@@H]32)CC1. The topological polar surface area (TPSA) is 105 Å². The quantitative estimate of drug-likeness (QED) is 0.381. The van der Waals surface area contributed by atoms with E-state index < -0.39 is 5.60 Å². The Hall–Kier alpha value is -1.46. The second kappa shape index (κ2) is 7.19. The zero-order valence-corrected chi connectivity index (χ0v) is 14.5. The van der Waals surface area contributed by atoms with E-state index in [9.17, 15) is 14.7 Å². The summed E-state index contributed by atoms with van der Waals surface area (Å²) >= 11 is 1.89. The molecule has 0 saturated carbocycles. The summed E-state index contributed by atoms with van der Waals surface area (Å²) in [4.78, 5) is 25.3. The predicted octanol–water partition coefficient (Wildman–Crippen LogP) is 0.589. The van der Waals surface area contributed by atoms with Gasteiger partial charge in [0.25, 0.3) is 0 Å². The number of aliphatic hydroxyl groups is 1. The van der Waals surface area contributed by atoms with Crippen LogP contribution >= 0.6 is 11.8 Å². The molecule has 3 aliphatic heterocycles. The van der Waals surface area contributed by atoms with E-state index in [2.05, 4.69) is 10.6 Å². The first kappa shape index (κ1) is 17.4. The number of carbonyl (C=O) groups is 2. The number of carbonyl (C=O) groups excluding carboxylic acids is 2. The second-order valence-electron chi connectivity index (χ2n) is 6.89. The van der Waals surface area contributed by atoms with Gasteiger partial charge < -0.3 is 20.6 Å². The molecule has 0 aromatic heterocycles. The third kappa shape index (κ3) is 3.78. The van der Waals surface area contributed by atoms with Crippen molar-refractivity contribution >= 4 is 23.7 Å². The molecule has 0 spiro atoms. The van der Waals surface area contributed by atoms with Crippen LogP contribution in [0.4, 0.5) is 4.79 Å². The molecule has 8 heteroatoms. The molecule has 7 nitrogen and oxygen atoms in total. The van der Waals surface area contributed by atoms with Gasteiger partial charge in [-0.15, -0.1) is 0 Å². The molecule has 0 unspecified atom stereocenters. The lowest BCUT2D eigenvalue weighted by molar-refractivity contribution is -0.134. The van der Waals surface area contributed by atoms with Crippen LogP contribution in [0.1, 0.15) is 38.5 Å². The number of fused-ring (bicyclic) bond motifs is 1. The number of nitriles is 1. The number of amides is 3. The number of nitrogens with zero attached hydrogens (tertiary/aromatic N) is 2. The molecule has 0 radical (unpaired) electrons. The summed E-state index contributed by atoms with van der Waals surface area (Å²) in [5.74, 6) is 1.07. The monoisotopic (exact) mass is 352 g/mol. The van der Waals surface area contributed by atoms with E-state index in [1.807, 2.05) is 17.8 Å². The van der Waals surface area contributed by atoms with Crippen LogP contribution in [0, 0.1) is 11.3 Å². The summed E-state index contributed by atoms with van der Waals surface area (Å²) in [5.41, 5.74) is -1.26. The highest BCUT2D eigenvalue weighted by atomic mass is 32.2. The van der Waals surface area contributed by atoms with E-state index in [1.165, 1.54) is 0 Å². The molecule has 3 fully saturated rings. The second-order valence-corrected chi connectivity index (χ2v) is 8.16. The van der Waals surface area contributed by atoms with Gasteiger partial charge in [-0.1, -0.05) is 6.42 Å². The molecule has 3 saturated heterocycles. The van der Waals surface area contributed by atoms with Crippen molar-refractivity contribution in [1.82, 2.24) is 15.5 Å². The van der Waals surface area contributed by atoms with Crippen molar-refractivity contribution in [2.24, 2.45) is 0 Å². The lowest BCUT2D eigenvalue weighted by Crippen LogP contribution is -2.45. The van der Waals surface area contributed by atoms with Crippen LogP contribution in [0.2, 0.25) is 0 Å². The summed E-state index contributed by atoms with van der Waals surface area (Å²) in [6, 6.07) is 2.34. The molecule has 3 rings (SSSR count). The Balaban J connectivity index is 1.33. The van der Waals surface area contributed by atoms with Gasteiger partial charge in [0, 0.05) is 43.4 Å². The number of likely N-dealkylation sites (tertiary alicyclic amines) is 1. The van der Waals surface area contributed by atoms with Crippen LogP contribution in [0.5, 0.6) is 0 Å². The van der Waals surface area contributed by atoms with Gasteiger partial charge >= 0.3 is 6.03 Å². The highest BCUT2D eigenvalue weighted by Gasteiger charge is 2.42. The molecule has 3 amide bonds. The molecule has 132 valence electrons. The minimum absolute atomic E-state index is 0.0621. The van der Waals surface area contributed by atoms with Crippen LogP contribution < -0.4 is 10.6 Å². The summed E-state index contributed by atoms with van der Waals surface area (Å²) < 4.78 is 0. The van der Waals surface area contributed by atoms with E-state index in [0.29, 0.717) is 37.6 Å².